The summed E-state index contributed by atoms with van der Waals surface area (Å²) in [7, 11) is -3.53. The van der Waals surface area contributed by atoms with E-state index in [1.165, 1.54) is 55.1 Å². The number of H-pyrrole nitrogens is 1. The van der Waals surface area contributed by atoms with Crippen molar-refractivity contribution in [3.05, 3.63) is 64.4 Å². The van der Waals surface area contributed by atoms with E-state index >= 15 is 0 Å². The van der Waals surface area contributed by atoms with E-state index in [0.29, 0.717) is 11.1 Å². The fourth-order valence-electron chi connectivity index (χ4n) is 3.74. The summed E-state index contributed by atoms with van der Waals surface area (Å²) in [6.07, 6.45) is -6.03. The number of carbonyl (C=O) groups is 1. The van der Waals surface area contributed by atoms with Crippen LogP contribution < -0.4 is 15.2 Å². The van der Waals surface area contributed by atoms with E-state index in [1.807, 2.05) is 0 Å². The first-order valence-electron chi connectivity index (χ1n) is 10.7. The molecule has 2 heterocycles. The molecule has 0 radical (unpaired) electrons. The minimum atomic E-state index is -4.59. The first-order chi connectivity index (χ1) is 16.4. The van der Waals surface area contributed by atoms with Gasteiger partial charge < -0.3 is 9.72 Å². The van der Waals surface area contributed by atoms with Crippen molar-refractivity contribution < 1.29 is 31.1 Å². The van der Waals surface area contributed by atoms with Gasteiger partial charge in [0.15, 0.2) is 0 Å². The van der Waals surface area contributed by atoms with Crippen LogP contribution in [-0.2, 0) is 20.9 Å². The third-order valence-corrected chi connectivity index (χ3v) is 7.48. The first-order valence-corrected chi connectivity index (χ1v) is 12.2. The van der Waals surface area contributed by atoms with Crippen LogP contribution in [0.4, 0.5) is 23.7 Å². The lowest BCUT2D eigenvalue weighted by Gasteiger charge is -2.15. The summed E-state index contributed by atoms with van der Waals surface area (Å²) in [6, 6.07) is 10.9. The Bertz CT molecular complexity index is 1450. The number of alkyl halides is 3. The van der Waals surface area contributed by atoms with Gasteiger partial charge in [0, 0.05) is 28.9 Å². The quantitative estimate of drug-likeness (QED) is 0.525. The molecule has 186 valence electrons. The van der Waals surface area contributed by atoms with Gasteiger partial charge in [-0.25, -0.2) is 17.9 Å². The molecule has 8 nitrogen and oxygen atoms in total. The first kappa shape index (κ1) is 24.7. The van der Waals surface area contributed by atoms with Crippen molar-refractivity contribution in [3.8, 4) is 11.3 Å². The smallest absolute Gasteiger partial charge is 0.417 e. The molecule has 1 amide bonds. The zero-order valence-electron chi connectivity index (χ0n) is 18.7. The molecule has 0 spiro atoms. The molecule has 2 aromatic carbocycles. The lowest BCUT2D eigenvalue weighted by atomic mass is 10.0. The molecular weight excluding hydrogens is 487 g/mol. The highest BCUT2D eigenvalue weighted by Gasteiger charge is 2.35. The number of aromatic amines is 1. The molecule has 1 aliphatic heterocycles. The van der Waals surface area contributed by atoms with Gasteiger partial charge in [0.25, 0.3) is 5.56 Å². The van der Waals surface area contributed by atoms with Crippen LogP contribution in [0, 0.1) is 0 Å². The number of cyclic esters (lactones) is 1. The number of pyridine rings is 1. The molecule has 1 atom stereocenters. The zero-order chi connectivity index (χ0) is 25.5. The average molecular weight is 510 g/mol. The van der Waals surface area contributed by atoms with Crippen LogP contribution in [0.5, 0.6) is 0 Å². The second-order valence-corrected chi connectivity index (χ2v) is 10.7. The number of benzene rings is 2. The topological polar surface area (TPSA) is 109 Å². The van der Waals surface area contributed by atoms with E-state index in [9.17, 15) is 31.2 Å². The van der Waals surface area contributed by atoms with Crippen LogP contribution in [0.2, 0.25) is 0 Å². The van der Waals surface area contributed by atoms with E-state index in [4.69, 9.17) is 4.74 Å². The second-order valence-electron chi connectivity index (χ2n) is 8.39. The summed E-state index contributed by atoms with van der Waals surface area (Å²) in [5.74, 6) is 0. The van der Waals surface area contributed by atoms with Crippen LogP contribution in [0.1, 0.15) is 19.4 Å². The minimum absolute atomic E-state index is 0.0151. The molecule has 1 aromatic heterocycles. The van der Waals surface area contributed by atoms with Crippen molar-refractivity contribution in [1.82, 2.24) is 9.71 Å². The number of aromatic nitrogens is 1. The van der Waals surface area contributed by atoms with Gasteiger partial charge in [0.2, 0.25) is 10.0 Å². The second kappa shape index (κ2) is 9.00. The highest BCUT2D eigenvalue weighted by atomic mass is 32.2. The normalized spacial score (nSPS) is 16.8. The molecule has 1 fully saturated rings. The maximum atomic E-state index is 13.4. The van der Waals surface area contributed by atoms with Crippen LogP contribution in [0.3, 0.4) is 0 Å². The van der Waals surface area contributed by atoms with Gasteiger partial charge in [-0.1, -0.05) is 24.3 Å². The molecule has 0 saturated carbocycles. The number of rotatable bonds is 6. The van der Waals surface area contributed by atoms with Gasteiger partial charge in [-0.05, 0) is 43.5 Å². The van der Waals surface area contributed by atoms with Crippen LogP contribution in [0.25, 0.3) is 22.0 Å². The average Bonchev–Trinajstić information content (AvgIpc) is 3.17. The van der Waals surface area contributed by atoms with E-state index in [0.717, 1.165) is 6.07 Å². The maximum absolute atomic E-state index is 13.4. The van der Waals surface area contributed by atoms with Crippen molar-refractivity contribution >= 4 is 32.6 Å². The highest BCUT2D eigenvalue weighted by Crippen LogP contribution is 2.36. The summed E-state index contributed by atoms with van der Waals surface area (Å²) in [5.41, 5.74) is -1.29. The Hall–Kier alpha value is -3.38. The molecule has 35 heavy (non-hydrogen) atoms. The van der Waals surface area contributed by atoms with Crippen molar-refractivity contribution in [2.75, 3.05) is 18.0 Å². The maximum Gasteiger partial charge on any atom is 0.417 e. The summed E-state index contributed by atoms with van der Waals surface area (Å²) in [6.45, 7) is 3.00. The van der Waals surface area contributed by atoms with Crippen molar-refractivity contribution in [2.24, 2.45) is 0 Å². The molecule has 3 aromatic rings. The summed E-state index contributed by atoms with van der Waals surface area (Å²) >= 11 is 0. The standard InChI is InChI=1S/C23H22F3N3O5S/c1-13(2)35(32,33)27-11-16-12-29(22(31)34-16)15-8-7-14-9-20(28-21(30)18(14)10-15)17-5-3-4-6-19(17)23(24,25)26/h3-10,13,16,27H,11-12H2,1-2H3,(H,28,30)/t16-/m0/s1. The van der Waals surface area contributed by atoms with E-state index in [1.54, 1.807) is 6.07 Å². The number of carbonyl (C=O) groups excluding carboxylic acids is 1. The van der Waals surface area contributed by atoms with Gasteiger partial charge in [0.05, 0.1) is 17.4 Å². The number of ether oxygens (including phenoxy) is 1. The Kier molecular flexibility index (Phi) is 6.36. The number of sulfonamides is 1. The monoisotopic (exact) mass is 509 g/mol. The molecule has 4 rings (SSSR count). The third kappa shape index (κ3) is 5.03. The molecule has 2 N–H and O–H groups in total. The largest absolute Gasteiger partial charge is 0.443 e. The number of fused-ring (bicyclic) bond motifs is 1. The Morgan fingerprint density at radius 3 is 2.54 bits per heavy atom. The lowest BCUT2D eigenvalue weighted by Crippen LogP contribution is -2.38. The van der Waals surface area contributed by atoms with Gasteiger partial charge >= 0.3 is 12.3 Å². The number of hydrogen-bond acceptors (Lipinski definition) is 5. The molecule has 0 unspecified atom stereocenters. The Morgan fingerprint density at radius 1 is 1.14 bits per heavy atom. The molecule has 1 aliphatic rings. The van der Waals surface area contributed by atoms with Crippen molar-refractivity contribution in [3.63, 3.8) is 0 Å². The van der Waals surface area contributed by atoms with Gasteiger partial charge in [-0.2, -0.15) is 13.2 Å². The predicted octanol–water partition coefficient (Wildman–Crippen LogP) is 3.87. The number of nitrogens with one attached hydrogen (secondary N) is 2. The van der Waals surface area contributed by atoms with Gasteiger partial charge in [0.1, 0.15) is 6.10 Å². The van der Waals surface area contributed by atoms with Crippen LogP contribution in [-0.4, -0.2) is 43.9 Å². The van der Waals surface area contributed by atoms with E-state index in [-0.39, 0.29) is 29.7 Å². The number of anilines is 1. The SMILES string of the molecule is CC(C)S(=O)(=O)NC[C@H]1CN(c2ccc3cc(-c4ccccc4C(F)(F)F)[nH]c(=O)c3c2)C(=O)O1. The predicted molar refractivity (Wildman–Crippen MR) is 125 cm³/mol. The fraction of sp³-hybridized carbons (Fsp3) is 0.304. The highest BCUT2D eigenvalue weighted by molar-refractivity contribution is 7.90. The van der Waals surface area contributed by atoms with E-state index < -0.39 is 44.8 Å². The van der Waals surface area contributed by atoms with E-state index in [2.05, 4.69) is 9.71 Å². The number of nitrogens with zero attached hydrogens (tertiary/aromatic N) is 1. The van der Waals surface area contributed by atoms with Crippen LogP contribution in [0.15, 0.2) is 53.3 Å². The third-order valence-electron chi connectivity index (χ3n) is 5.67. The number of hydrogen-bond donors (Lipinski definition) is 2. The zero-order valence-corrected chi connectivity index (χ0v) is 19.5. The summed E-state index contributed by atoms with van der Waals surface area (Å²) in [4.78, 5) is 28.9. The van der Waals surface area contributed by atoms with Crippen molar-refractivity contribution in [2.45, 2.75) is 31.4 Å². The van der Waals surface area contributed by atoms with Gasteiger partial charge in [-0.3, -0.25) is 9.69 Å². The number of amides is 1. The van der Waals surface area contributed by atoms with Gasteiger partial charge in [-0.15, -0.1) is 0 Å². The minimum Gasteiger partial charge on any atom is -0.443 e. The molecular formula is C23H22F3N3O5S. The van der Waals surface area contributed by atoms with Crippen LogP contribution >= 0.6 is 0 Å². The Morgan fingerprint density at radius 2 is 1.86 bits per heavy atom. The fourth-order valence-corrected chi connectivity index (χ4v) is 4.49. The number of halogens is 3. The Balaban J connectivity index is 1.62. The molecule has 0 bridgehead atoms. The molecule has 1 saturated heterocycles. The lowest BCUT2D eigenvalue weighted by molar-refractivity contribution is -0.137. The molecule has 12 heteroatoms. The summed E-state index contributed by atoms with van der Waals surface area (Å²) in [5, 5.41) is -0.0818. The Labute approximate surface area is 198 Å². The van der Waals surface area contributed by atoms with Crippen molar-refractivity contribution in [1.29, 1.82) is 0 Å². The summed E-state index contributed by atoms with van der Waals surface area (Å²) < 4.78 is 71.8. The molecule has 0 aliphatic carbocycles.